The Labute approximate surface area is 124 Å². The maximum atomic E-state index is 11.4. The number of nitrogens with zero attached hydrogens (tertiary/aromatic N) is 2. The van der Waals surface area contributed by atoms with E-state index in [1.807, 2.05) is 31.2 Å². The van der Waals surface area contributed by atoms with E-state index in [0.29, 0.717) is 0 Å². The van der Waals surface area contributed by atoms with Gasteiger partial charge >= 0.3 is 0 Å². The SMILES string of the molecule is CC(CN1CCN(c2ccccc2Cl)CC1)C(=O)NN. The second kappa shape index (κ2) is 6.92. The van der Waals surface area contributed by atoms with Gasteiger partial charge in [0, 0.05) is 38.6 Å². The molecule has 1 aliphatic heterocycles. The minimum atomic E-state index is -0.112. The van der Waals surface area contributed by atoms with Gasteiger partial charge in [-0.15, -0.1) is 0 Å². The number of amides is 1. The summed E-state index contributed by atoms with van der Waals surface area (Å²) in [5.41, 5.74) is 3.29. The van der Waals surface area contributed by atoms with Crippen LogP contribution in [0.1, 0.15) is 6.92 Å². The molecule has 1 amide bonds. The number of nitrogens with one attached hydrogen (secondary N) is 1. The Morgan fingerprint density at radius 2 is 2.00 bits per heavy atom. The zero-order chi connectivity index (χ0) is 14.5. The fraction of sp³-hybridized carbons (Fsp3) is 0.500. The molecular formula is C14H21ClN4O. The molecule has 1 aliphatic rings. The van der Waals surface area contributed by atoms with Gasteiger partial charge < -0.3 is 4.90 Å². The van der Waals surface area contributed by atoms with E-state index in [0.717, 1.165) is 43.4 Å². The van der Waals surface area contributed by atoms with Gasteiger partial charge in [-0.05, 0) is 12.1 Å². The van der Waals surface area contributed by atoms with E-state index in [2.05, 4.69) is 15.2 Å². The van der Waals surface area contributed by atoms with Crippen LogP contribution in [0.4, 0.5) is 5.69 Å². The molecule has 0 aromatic heterocycles. The first kappa shape index (κ1) is 15.1. The van der Waals surface area contributed by atoms with E-state index in [-0.39, 0.29) is 11.8 Å². The summed E-state index contributed by atoms with van der Waals surface area (Å²) in [6, 6.07) is 7.90. The van der Waals surface area contributed by atoms with Gasteiger partial charge in [-0.25, -0.2) is 5.84 Å². The smallest absolute Gasteiger partial charge is 0.237 e. The van der Waals surface area contributed by atoms with E-state index in [1.165, 1.54) is 0 Å². The van der Waals surface area contributed by atoms with Crippen molar-refractivity contribution in [2.45, 2.75) is 6.92 Å². The number of hydrogen-bond donors (Lipinski definition) is 2. The van der Waals surface area contributed by atoms with Crippen molar-refractivity contribution in [3.05, 3.63) is 29.3 Å². The molecule has 0 saturated carbocycles. The molecule has 1 unspecified atom stereocenters. The Hall–Kier alpha value is -1.30. The van der Waals surface area contributed by atoms with Crippen LogP contribution in [0.25, 0.3) is 0 Å². The predicted molar refractivity (Wildman–Crippen MR) is 81.6 cm³/mol. The van der Waals surface area contributed by atoms with Gasteiger partial charge in [-0.1, -0.05) is 30.7 Å². The Bertz CT molecular complexity index is 460. The third-order valence-electron chi connectivity index (χ3n) is 3.69. The monoisotopic (exact) mass is 296 g/mol. The standard InChI is InChI=1S/C14H21ClN4O/c1-11(14(20)17-16)10-18-6-8-19(9-7-18)13-5-3-2-4-12(13)15/h2-5,11H,6-10,16H2,1H3,(H,17,20). The molecule has 0 aliphatic carbocycles. The predicted octanol–water partition coefficient (Wildman–Crippen LogP) is 1.09. The highest BCUT2D eigenvalue weighted by Gasteiger charge is 2.22. The first-order valence-corrected chi connectivity index (χ1v) is 7.22. The number of para-hydroxylation sites is 1. The molecule has 0 radical (unpaired) electrons. The summed E-state index contributed by atoms with van der Waals surface area (Å²) in [5.74, 6) is 4.95. The largest absolute Gasteiger partial charge is 0.368 e. The van der Waals surface area contributed by atoms with Crippen LogP contribution < -0.4 is 16.2 Å². The molecule has 1 atom stereocenters. The fourth-order valence-corrected chi connectivity index (χ4v) is 2.75. The van der Waals surface area contributed by atoms with Crippen LogP contribution in [-0.2, 0) is 4.79 Å². The maximum absolute atomic E-state index is 11.4. The number of benzene rings is 1. The highest BCUT2D eigenvalue weighted by Crippen LogP contribution is 2.26. The van der Waals surface area contributed by atoms with E-state index < -0.39 is 0 Å². The van der Waals surface area contributed by atoms with Crippen molar-refractivity contribution < 1.29 is 4.79 Å². The molecule has 5 nitrogen and oxygen atoms in total. The van der Waals surface area contributed by atoms with Crippen LogP contribution in [0.15, 0.2) is 24.3 Å². The Kier molecular flexibility index (Phi) is 5.23. The molecule has 1 aromatic carbocycles. The van der Waals surface area contributed by atoms with Crippen molar-refractivity contribution in [2.24, 2.45) is 11.8 Å². The molecule has 1 heterocycles. The molecule has 3 N–H and O–H groups in total. The maximum Gasteiger partial charge on any atom is 0.237 e. The second-order valence-electron chi connectivity index (χ2n) is 5.15. The molecular weight excluding hydrogens is 276 g/mol. The Morgan fingerprint density at radius 1 is 1.35 bits per heavy atom. The fourth-order valence-electron chi connectivity index (χ4n) is 2.49. The van der Waals surface area contributed by atoms with Crippen LogP contribution in [0.2, 0.25) is 5.02 Å². The van der Waals surface area contributed by atoms with Crippen LogP contribution in [-0.4, -0.2) is 43.5 Å². The van der Waals surface area contributed by atoms with Crippen molar-refractivity contribution in [3.63, 3.8) is 0 Å². The van der Waals surface area contributed by atoms with Gasteiger partial charge in [0.05, 0.1) is 10.7 Å². The average Bonchev–Trinajstić information content (AvgIpc) is 2.48. The van der Waals surface area contributed by atoms with E-state index in [1.54, 1.807) is 0 Å². The van der Waals surface area contributed by atoms with Crippen molar-refractivity contribution in [3.8, 4) is 0 Å². The number of halogens is 1. The first-order chi connectivity index (χ1) is 9.61. The van der Waals surface area contributed by atoms with E-state index in [9.17, 15) is 4.79 Å². The molecule has 1 saturated heterocycles. The highest BCUT2D eigenvalue weighted by atomic mass is 35.5. The summed E-state index contributed by atoms with van der Waals surface area (Å²) < 4.78 is 0. The molecule has 2 rings (SSSR count). The lowest BCUT2D eigenvalue weighted by Crippen LogP contribution is -2.49. The Balaban J connectivity index is 1.87. The topological polar surface area (TPSA) is 61.6 Å². The molecule has 6 heteroatoms. The van der Waals surface area contributed by atoms with Gasteiger partial charge in [-0.3, -0.25) is 15.1 Å². The number of carbonyl (C=O) groups excluding carboxylic acids is 1. The van der Waals surface area contributed by atoms with Gasteiger partial charge in [0.1, 0.15) is 0 Å². The molecule has 110 valence electrons. The van der Waals surface area contributed by atoms with Crippen LogP contribution >= 0.6 is 11.6 Å². The normalized spacial score (nSPS) is 17.9. The summed E-state index contributed by atoms with van der Waals surface area (Å²) in [7, 11) is 0. The zero-order valence-electron chi connectivity index (χ0n) is 11.7. The summed E-state index contributed by atoms with van der Waals surface area (Å²) in [5, 5.41) is 0.789. The third-order valence-corrected chi connectivity index (χ3v) is 4.01. The number of anilines is 1. The molecule has 0 spiro atoms. The van der Waals surface area contributed by atoms with Crippen molar-refractivity contribution in [1.82, 2.24) is 10.3 Å². The number of rotatable bonds is 4. The highest BCUT2D eigenvalue weighted by molar-refractivity contribution is 6.33. The molecule has 1 fully saturated rings. The quantitative estimate of drug-likeness (QED) is 0.496. The second-order valence-corrected chi connectivity index (χ2v) is 5.56. The van der Waals surface area contributed by atoms with Gasteiger partial charge in [0.2, 0.25) is 5.91 Å². The number of nitrogens with two attached hydrogens (primary N) is 1. The van der Waals surface area contributed by atoms with Gasteiger partial charge in [0.15, 0.2) is 0 Å². The first-order valence-electron chi connectivity index (χ1n) is 6.84. The van der Waals surface area contributed by atoms with Crippen molar-refractivity contribution >= 4 is 23.2 Å². The van der Waals surface area contributed by atoms with Gasteiger partial charge in [0.25, 0.3) is 0 Å². The third kappa shape index (κ3) is 3.62. The van der Waals surface area contributed by atoms with Crippen LogP contribution in [0.3, 0.4) is 0 Å². The average molecular weight is 297 g/mol. The van der Waals surface area contributed by atoms with Crippen LogP contribution in [0.5, 0.6) is 0 Å². The zero-order valence-corrected chi connectivity index (χ0v) is 12.4. The summed E-state index contributed by atoms with van der Waals surface area (Å²) >= 11 is 6.22. The minimum absolute atomic E-state index is 0.0909. The number of hydrogen-bond acceptors (Lipinski definition) is 4. The van der Waals surface area contributed by atoms with Crippen molar-refractivity contribution in [1.29, 1.82) is 0 Å². The summed E-state index contributed by atoms with van der Waals surface area (Å²) in [6.07, 6.45) is 0. The minimum Gasteiger partial charge on any atom is -0.368 e. The number of piperazine rings is 1. The lowest BCUT2D eigenvalue weighted by molar-refractivity contribution is -0.125. The molecule has 0 bridgehead atoms. The summed E-state index contributed by atoms with van der Waals surface area (Å²) in [6.45, 7) is 6.31. The van der Waals surface area contributed by atoms with Crippen molar-refractivity contribution in [2.75, 3.05) is 37.6 Å². The Morgan fingerprint density at radius 3 is 2.60 bits per heavy atom. The lowest BCUT2D eigenvalue weighted by atomic mass is 10.1. The van der Waals surface area contributed by atoms with E-state index in [4.69, 9.17) is 17.4 Å². The number of hydrazine groups is 1. The molecule has 1 aromatic rings. The summed E-state index contributed by atoms with van der Waals surface area (Å²) in [4.78, 5) is 16.0. The van der Waals surface area contributed by atoms with Crippen LogP contribution in [0, 0.1) is 5.92 Å². The molecule has 20 heavy (non-hydrogen) atoms. The van der Waals surface area contributed by atoms with E-state index >= 15 is 0 Å². The lowest BCUT2D eigenvalue weighted by Gasteiger charge is -2.37. The van der Waals surface area contributed by atoms with Gasteiger partial charge in [-0.2, -0.15) is 0 Å². The number of carbonyl (C=O) groups is 1.